The molecule has 2 aliphatic rings. The van der Waals surface area contributed by atoms with Gasteiger partial charge in [-0.2, -0.15) is 0 Å². The average Bonchev–Trinajstić information content (AvgIpc) is 2.66. The second-order valence-electron chi connectivity index (χ2n) is 6.96. The molecule has 27 heavy (non-hydrogen) atoms. The minimum Gasteiger partial charge on any atom is -0.379 e. The van der Waals surface area contributed by atoms with E-state index in [2.05, 4.69) is 79.2 Å². The van der Waals surface area contributed by atoms with E-state index < -0.39 is 0 Å². The van der Waals surface area contributed by atoms with Crippen LogP contribution in [0.4, 0.5) is 0 Å². The molecule has 0 spiro atoms. The second kappa shape index (κ2) is 9.86. The predicted molar refractivity (Wildman–Crippen MR) is 118 cm³/mol. The van der Waals surface area contributed by atoms with E-state index >= 15 is 0 Å². The fraction of sp³-hybridized carbons (Fsp3) is 0.429. The summed E-state index contributed by atoms with van der Waals surface area (Å²) in [5.74, 6) is 0. The Balaban J connectivity index is 0.00000210. The number of aryl methyl sites for hydroxylation is 1. The summed E-state index contributed by atoms with van der Waals surface area (Å²) >= 11 is 7.13. The molecule has 0 saturated carbocycles. The maximum atomic E-state index is 6.48. The van der Waals surface area contributed by atoms with Crippen LogP contribution < -0.4 is 0 Å². The molecule has 1 saturated heterocycles. The molecule has 2 aromatic carbocycles. The van der Waals surface area contributed by atoms with Gasteiger partial charge in [0.1, 0.15) is 0 Å². The highest BCUT2D eigenvalue weighted by atomic mass is 79.9. The molecule has 2 atom stereocenters. The molecule has 1 aliphatic carbocycles. The summed E-state index contributed by atoms with van der Waals surface area (Å²) < 4.78 is 14.2. The van der Waals surface area contributed by atoms with Crippen LogP contribution in [0, 0.1) is 0 Å². The quantitative estimate of drug-likeness (QED) is 0.532. The normalized spacial score (nSPS) is 22.7. The van der Waals surface area contributed by atoms with Crippen LogP contribution >= 0.6 is 44.3 Å². The summed E-state index contributed by atoms with van der Waals surface area (Å²) in [6.45, 7) is 4.20. The molecule has 0 radical (unpaired) electrons. The molecule has 6 heteroatoms. The minimum atomic E-state index is 0. The number of rotatable bonds is 4. The van der Waals surface area contributed by atoms with Crippen LogP contribution in [0.2, 0.25) is 0 Å². The Kier molecular flexibility index (Phi) is 7.77. The van der Waals surface area contributed by atoms with Crippen LogP contribution in [0.3, 0.4) is 0 Å². The molecule has 0 amide bonds. The highest BCUT2D eigenvalue weighted by molar-refractivity contribution is 9.11. The Morgan fingerprint density at radius 3 is 2.48 bits per heavy atom. The smallest absolute Gasteiger partial charge is 0.0779 e. The molecule has 3 nitrogen and oxygen atoms in total. The van der Waals surface area contributed by atoms with E-state index in [9.17, 15) is 0 Å². The highest BCUT2D eigenvalue weighted by Gasteiger charge is 2.35. The van der Waals surface area contributed by atoms with E-state index in [0.29, 0.717) is 12.6 Å². The Morgan fingerprint density at radius 2 is 1.74 bits per heavy atom. The number of ether oxygens (including phenoxy) is 2. The van der Waals surface area contributed by atoms with Crippen LogP contribution in [-0.4, -0.2) is 37.3 Å². The fourth-order valence-corrected chi connectivity index (χ4v) is 5.45. The number of halogens is 3. The fourth-order valence-electron chi connectivity index (χ4n) is 4.07. The van der Waals surface area contributed by atoms with Crippen molar-refractivity contribution in [1.29, 1.82) is 0 Å². The van der Waals surface area contributed by atoms with Crippen molar-refractivity contribution in [2.24, 2.45) is 0 Å². The van der Waals surface area contributed by atoms with Gasteiger partial charge in [0.05, 0.1) is 32.0 Å². The topological polar surface area (TPSA) is 21.7 Å². The van der Waals surface area contributed by atoms with Gasteiger partial charge in [0, 0.05) is 22.0 Å². The average molecular weight is 518 g/mol. The molecule has 1 fully saturated rings. The van der Waals surface area contributed by atoms with Crippen molar-refractivity contribution in [1.82, 2.24) is 4.90 Å². The van der Waals surface area contributed by atoms with Crippen LogP contribution in [-0.2, 0) is 22.5 Å². The van der Waals surface area contributed by atoms with Gasteiger partial charge in [-0.1, -0.05) is 56.1 Å². The Bertz CT molecular complexity index is 747. The molecule has 4 rings (SSSR count). The van der Waals surface area contributed by atoms with Gasteiger partial charge in [-0.05, 0) is 47.7 Å². The third kappa shape index (κ3) is 5.14. The number of nitrogens with zero attached hydrogens (tertiary/aromatic N) is 1. The van der Waals surface area contributed by atoms with Crippen molar-refractivity contribution in [3.63, 3.8) is 0 Å². The summed E-state index contributed by atoms with van der Waals surface area (Å²) in [6.07, 6.45) is 2.36. The van der Waals surface area contributed by atoms with Gasteiger partial charge in [0.15, 0.2) is 0 Å². The van der Waals surface area contributed by atoms with Crippen LogP contribution in [0.5, 0.6) is 0 Å². The molecule has 1 aliphatic heterocycles. The molecule has 0 bridgehead atoms. The number of fused-ring (bicyclic) bond motifs is 1. The molecule has 0 N–H and O–H groups in total. The van der Waals surface area contributed by atoms with Crippen molar-refractivity contribution in [2.45, 2.75) is 31.6 Å². The SMILES string of the molecule is Brc1cc(Br)cc(CO[C@@H]2CCc3ccccc3[C@H]2N2CCOCC2)c1.Cl. The third-order valence-electron chi connectivity index (χ3n) is 5.25. The number of benzene rings is 2. The lowest BCUT2D eigenvalue weighted by molar-refractivity contribution is -0.0637. The molecule has 0 unspecified atom stereocenters. The maximum Gasteiger partial charge on any atom is 0.0779 e. The number of morpholine rings is 1. The van der Waals surface area contributed by atoms with Gasteiger partial charge in [-0.3, -0.25) is 4.90 Å². The van der Waals surface area contributed by atoms with E-state index in [4.69, 9.17) is 9.47 Å². The van der Waals surface area contributed by atoms with Crippen LogP contribution in [0.1, 0.15) is 29.2 Å². The van der Waals surface area contributed by atoms with Crippen molar-refractivity contribution in [2.75, 3.05) is 26.3 Å². The van der Waals surface area contributed by atoms with Gasteiger partial charge >= 0.3 is 0 Å². The van der Waals surface area contributed by atoms with Gasteiger partial charge in [0.25, 0.3) is 0 Å². The maximum absolute atomic E-state index is 6.48. The second-order valence-corrected chi connectivity index (χ2v) is 8.79. The summed E-state index contributed by atoms with van der Waals surface area (Å²) in [7, 11) is 0. The highest BCUT2D eigenvalue weighted by Crippen LogP contribution is 2.37. The lowest BCUT2D eigenvalue weighted by Gasteiger charge is -2.42. The van der Waals surface area contributed by atoms with Gasteiger partial charge < -0.3 is 9.47 Å². The summed E-state index contributed by atoms with van der Waals surface area (Å²) in [6, 6.07) is 15.5. The summed E-state index contributed by atoms with van der Waals surface area (Å²) in [4.78, 5) is 2.54. The largest absolute Gasteiger partial charge is 0.379 e. The van der Waals surface area contributed by atoms with E-state index in [-0.39, 0.29) is 18.5 Å². The Labute approximate surface area is 184 Å². The van der Waals surface area contributed by atoms with Crippen molar-refractivity contribution >= 4 is 44.3 Å². The van der Waals surface area contributed by atoms with Crippen LogP contribution in [0.15, 0.2) is 51.4 Å². The van der Waals surface area contributed by atoms with Gasteiger partial charge in [0.2, 0.25) is 0 Å². The molecular weight excluding hydrogens is 493 g/mol. The van der Waals surface area contributed by atoms with Crippen molar-refractivity contribution in [3.8, 4) is 0 Å². The first kappa shape index (κ1) is 21.3. The first-order chi connectivity index (χ1) is 12.7. The zero-order chi connectivity index (χ0) is 17.9. The van der Waals surface area contributed by atoms with Crippen LogP contribution in [0.25, 0.3) is 0 Å². The number of hydrogen-bond acceptors (Lipinski definition) is 3. The van der Waals surface area contributed by atoms with E-state index in [1.165, 1.54) is 16.7 Å². The number of hydrogen-bond donors (Lipinski definition) is 0. The first-order valence-corrected chi connectivity index (χ1v) is 10.8. The summed E-state index contributed by atoms with van der Waals surface area (Å²) in [5, 5.41) is 0. The monoisotopic (exact) mass is 515 g/mol. The van der Waals surface area contributed by atoms with Gasteiger partial charge in [-0.25, -0.2) is 0 Å². The van der Waals surface area contributed by atoms with E-state index in [1.807, 2.05) is 0 Å². The zero-order valence-electron chi connectivity index (χ0n) is 15.1. The summed E-state index contributed by atoms with van der Waals surface area (Å²) in [5.41, 5.74) is 4.08. The molecule has 2 aromatic rings. The van der Waals surface area contributed by atoms with E-state index in [1.54, 1.807) is 0 Å². The molecular formula is C21H24Br2ClNO2. The van der Waals surface area contributed by atoms with Gasteiger partial charge in [-0.15, -0.1) is 12.4 Å². The van der Waals surface area contributed by atoms with Crippen molar-refractivity contribution < 1.29 is 9.47 Å². The molecule has 146 valence electrons. The first-order valence-electron chi connectivity index (χ1n) is 9.17. The zero-order valence-corrected chi connectivity index (χ0v) is 19.1. The third-order valence-corrected chi connectivity index (χ3v) is 6.17. The lowest BCUT2D eigenvalue weighted by Crippen LogP contribution is -2.46. The molecule has 0 aromatic heterocycles. The Hall–Kier alpha value is -0.430. The predicted octanol–water partition coefficient (Wildman–Crippen LogP) is 5.54. The molecule has 1 heterocycles. The van der Waals surface area contributed by atoms with E-state index in [0.717, 1.165) is 48.1 Å². The lowest BCUT2D eigenvalue weighted by atomic mass is 9.84. The van der Waals surface area contributed by atoms with Crippen molar-refractivity contribution in [3.05, 3.63) is 68.1 Å². The Morgan fingerprint density at radius 1 is 1.04 bits per heavy atom. The minimum absolute atomic E-state index is 0. The standard InChI is InChI=1S/C21H23Br2NO2.ClH/c22-17-11-15(12-18(23)13-17)14-26-20-6-5-16-3-1-2-4-19(16)21(20)24-7-9-25-10-8-24;/h1-4,11-13,20-21H,5-10,14H2;1H/t20-,21-;/m1./s1.